The molecule has 0 bridgehead atoms. The first kappa shape index (κ1) is 26.9. The lowest BCUT2D eigenvalue weighted by Gasteiger charge is -2.18. The van der Waals surface area contributed by atoms with Crippen molar-refractivity contribution in [2.24, 2.45) is 0 Å². The molecule has 0 saturated heterocycles. The number of ether oxygens (including phenoxy) is 1. The molecule has 3 N–H and O–H groups in total. The molecule has 0 aliphatic carbocycles. The molecule has 0 radical (unpaired) electrons. The van der Waals surface area contributed by atoms with Crippen LogP contribution in [0.4, 0.5) is 17.1 Å². The summed E-state index contributed by atoms with van der Waals surface area (Å²) in [6.07, 6.45) is 0. The first-order chi connectivity index (χ1) is 18.4. The molecule has 1 unspecified atom stereocenters. The maximum atomic E-state index is 13.4. The monoisotopic (exact) mass is 541 g/mol. The summed E-state index contributed by atoms with van der Waals surface area (Å²) in [5, 5.41) is 9.26. The highest BCUT2D eigenvalue weighted by Gasteiger charge is 2.22. The average Bonchev–Trinajstić information content (AvgIpc) is 2.92. The van der Waals surface area contributed by atoms with Crippen molar-refractivity contribution in [3.05, 3.63) is 114 Å². The first-order valence-corrected chi connectivity index (χ1v) is 13.2. The van der Waals surface area contributed by atoms with Crippen molar-refractivity contribution in [3.63, 3.8) is 0 Å². The van der Waals surface area contributed by atoms with Gasteiger partial charge in [0.05, 0.1) is 7.11 Å². The van der Waals surface area contributed by atoms with Gasteiger partial charge >= 0.3 is 0 Å². The summed E-state index contributed by atoms with van der Waals surface area (Å²) in [5.74, 6) is 0.543. The molecule has 1 amide bonds. The van der Waals surface area contributed by atoms with Gasteiger partial charge in [-0.15, -0.1) is 11.8 Å². The second kappa shape index (κ2) is 12.9. The SMILES string of the molecule is COc1cccc(NC(=O)C(Sc2cccc(NC(=S)Nc3ccc(C(C)=O)cc3)c2)c2ccccc2)c1. The maximum Gasteiger partial charge on any atom is 0.242 e. The van der Waals surface area contributed by atoms with Gasteiger partial charge in [0.15, 0.2) is 10.9 Å². The van der Waals surface area contributed by atoms with Crippen LogP contribution in [0.1, 0.15) is 28.1 Å². The van der Waals surface area contributed by atoms with Crippen LogP contribution >= 0.6 is 24.0 Å². The molecular weight excluding hydrogens is 514 g/mol. The zero-order chi connectivity index (χ0) is 26.9. The van der Waals surface area contributed by atoms with Crippen LogP contribution in [0.5, 0.6) is 5.75 Å². The number of rotatable bonds is 9. The number of carbonyl (C=O) groups excluding carboxylic acids is 2. The minimum Gasteiger partial charge on any atom is -0.497 e. The van der Waals surface area contributed by atoms with Crippen molar-refractivity contribution >= 4 is 57.8 Å². The van der Waals surface area contributed by atoms with Crippen LogP contribution in [0.25, 0.3) is 0 Å². The lowest BCUT2D eigenvalue weighted by Crippen LogP contribution is -2.19. The summed E-state index contributed by atoms with van der Waals surface area (Å²) in [5.41, 5.74) is 3.76. The Balaban J connectivity index is 1.47. The fourth-order valence-electron chi connectivity index (χ4n) is 3.67. The van der Waals surface area contributed by atoms with E-state index in [1.54, 1.807) is 25.3 Å². The summed E-state index contributed by atoms with van der Waals surface area (Å²) >= 11 is 6.92. The van der Waals surface area contributed by atoms with Crippen LogP contribution in [-0.4, -0.2) is 23.9 Å². The quantitative estimate of drug-likeness (QED) is 0.118. The Labute approximate surface area is 231 Å². The van der Waals surface area contributed by atoms with Crippen LogP contribution < -0.4 is 20.7 Å². The molecule has 4 aromatic rings. The van der Waals surface area contributed by atoms with Gasteiger partial charge < -0.3 is 20.7 Å². The number of methoxy groups -OCH3 is 1. The molecule has 0 saturated carbocycles. The average molecular weight is 542 g/mol. The molecule has 0 aliphatic rings. The molecular formula is C30H27N3O3S2. The number of thiocarbonyl (C=S) groups is 1. The summed E-state index contributed by atoms with van der Waals surface area (Å²) in [6.45, 7) is 1.53. The van der Waals surface area contributed by atoms with Crippen LogP contribution in [0.3, 0.4) is 0 Å². The van der Waals surface area contributed by atoms with E-state index >= 15 is 0 Å². The number of benzene rings is 4. The molecule has 0 aliphatic heterocycles. The molecule has 0 heterocycles. The molecule has 192 valence electrons. The van der Waals surface area contributed by atoms with Crippen LogP contribution in [0.15, 0.2) is 108 Å². The predicted molar refractivity (Wildman–Crippen MR) is 159 cm³/mol. The molecule has 8 heteroatoms. The molecule has 4 rings (SSSR count). The third-order valence-electron chi connectivity index (χ3n) is 5.57. The number of amides is 1. The topological polar surface area (TPSA) is 79.5 Å². The fraction of sp³-hybridized carbons (Fsp3) is 0.100. The van der Waals surface area contributed by atoms with E-state index in [1.807, 2.05) is 84.9 Å². The van der Waals surface area contributed by atoms with E-state index in [0.717, 1.165) is 21.8 Å². The standard InChI is InChI=1S/C30H27N3O3S2/c1-20(34)21-14-16-23(17-15-21)32-30(37)33-25-11-7-13-27(19-25)38-28(22-8-4-3-5-9-22)29(35)31-24-10-6-12-26(18-24)36-2/h3-19,28H,1-2H3,(H,31,35)(H2,32,33,37). The third kappa shape index (κ3) is 7.44. The van der Waals surface area contributed by atoms with Crippen molar-refractivity contribution in [3.8, 4) is 5.75 Å². The van der Waals surface area contributed by atoms with Crippen molar-refractivity contribution in [2.75, 3.05) is 23.1 Å². The molecule has 4 aromatic carbocycles. The number of anilines is 3. The fourth-order valence-corrected chi connectivity index (χ4v) is 4.99. The number of Topliss-reactive ketones (excluding diaryl/α,β-unsaturated/α-hetero) is 1. The first-order valence-electron chi connectivity index (χ1n) is 11.9. The third-order valence-corrected chi connectivity index (χ3v) is 7.03. The summed E-state index contributed by atoms with van der Waals surface area (Å²) in [7, 11) is 1.59. The van der Waals surface area contributed by atoms with Crippen LogP contribution in [0, 0.1) is 0 Å². The van der Waals surface area contributed by atoms with E-state index in [2.05, 4.69) is 16.0 Å². The van der Waals surface area contributed by atoms with Crippen molar-refractivity contribution < 1.29 is 14.3 Å². The van der Waals surface area contributed by atoms with Gasteiger partial charge in [-0.05, 0) is 79.3 Å². The van der Waals surface area contributed by atoms with Gasteiger partial charge in [0, 0.05) is 33.6 Å². The normalized spacial score (nSPS) is 11.2. The van der Waals surface area contributed by atoms with Gasteiger partial charge in [0.1, 0.15) is 11.0 Å². The highest BCUT2D eigenvalue weighted by Crippen LogP contribution is 2.37. The van der Waals surface area contributed by atoms with E-state index in [1.165, 1.54) is 18.7 Å². The second-order valence-electron chi connectivity index (χ2n) is 8.37. The number of nitrogens with one attached hydrogen (secondary N) is 3. The van der Waals surface area contributed by atoms with Gasteiger partial charge in [0.25, 0.3) is 0 Å². The molecule has 6 nitrogen and oxygen atoms in total. The van der Waals surface area contributed by atoms with E-state index < -0.39 is 5.25 Å². The van der Waals surface area contributed by atoms with E-state index in [-0.39, 0.29) is 11.7 Å². The van der Waals surface area contributed by atoms with Crippen LogP contribution in [-0.2, 0) is 4.79 Å². The Morgan fingerprint density at radius 1 is 0.763 bits per heavy atom. The predicted octanol–water partition coefficient (Wildman–Crippen LogP) is 7.18. The lowest BCUT2D eigenvalue weighted by atomic mass is 10.1. The number of thioether (sulfide) groups is 1. The molecule has 1 atom stereocenters. The Kier molecular flexibility index (Phi) is 9.13. The van der Waals surface area contributed by atoms with E-state index in [4.69, 9.17) is 17.0 Å². The minimum absolute atomic E-state index is 0.0116. The maximum absolute atomic E-state index is 13.4. The van der Waals surface area contributed by atoms with Crippen molar-refractivity contribution in [1.82, 2.24) is 0 Å². The largest absolute Gasteiger partial charge is 0.497 e. The lowest BCUT2D eigenvalue weighted by molar-refractivity contribution is -0.115. The summed E-state index contributed by atoms with van der Waals surface area (Å²) in [4.78, 5) is 25.8. The van der Waals surface area contributed by atoms with E-state index in [0.29, 0.717) is 22.1 Å². The highest BCUT2D eigenvalue weighted by atomic mass is 32.2. The van der Waals surface area contributed by atoms with Gasteiger partial charge in [-0.25, -0.2) is 0 Å². The second-order valence-corrected chi connectivity index (χ2v) is 9.96. The Hall–Kier alpha value is -4.14. The van der Waals surface area contributed by atoms with Gasteiger partial charge in [-0.1, -0.05) is 42.5 Å². The molecule has 38 heavy (non-hydrogen) atoms. The summed E-state index contributed by atoms with van der Waals surface area (Å²) in [6, 6.07) is 31.8. The minimum atomic E-state index is -0.484. The van der Waals surface area contributed by atoms with Crippen LogP contribution in [0.2, 0.25) is 0 Å². The molecule has 0 spiro atoms. The zero-order valence-corrected chi connectivity index (χ0v) is 22.6. The highest BCUT2D eigenvalue weighted by molar-refractivity contribution is 8.00. The number of hydrogen-bond acceptors (Lipinski definition) is 5. The van der Waals surface area contributed by atoms with E-state index in [9.17, 15) is 9.59 Å². The number of carbonyl (C=O) groups is 2. The van der Waals surface area contributed by atoms with Crippen molar-refractivity contribution in [2.45, 2.75) is 17.1 Å². The van der Waals surface area contributed by atoms with Gasteiger partial charge in [0.2, 0.25) is 5.91 Å². The summed E-state index contributed by atoms with van der Waals surface area (Å²) < 4.78 is 5.28. The molecule has 0 fully saturated rings. The Bertz CT molecular complexity index is 1430. The number of ketones is 1. The van der Waals surface area contributed by atoms with Gasteiger partial charge in [-0.3, -0.25) is 9.59 Å². The van der Waals surface area contributed by atoms with Crippen molar-refractivity contribution in [1.29, 1.82) is 0 Å². The number of hydrogen-bond donors (Lipinski definition) is 3. The molecule has 0 aromatic heterocycles. The Morgan fingerprint density at radius 2 is 1.42 bits per heavy atom. The zero-order valence-electron chi connectivity index (χ0n) is 20.9. The Morgan fingerprint density at radius 3 is 2.11 bits per heavy atom. The smallest absolute Gasteiger partial charge is 0.242 e. The van der Waals surface area contributed by atoms with Gasteiger partial charge in [-0.2, -0.15) is 0 Å².